The van der Waals surface area contributed by atoms with Crippen molar-refractivity contribution < 1.29 is 19.4 Å². The van der Waals surface area contributed by atoms with E-state index in [1.807, 2.05) is 42.5 Å². The zero-order valence-corrected chi connectivity index (χ0v) is 16.9. The molecule has 3 aromatic rings. The average Bonchev–Trinajstić information content (AvgIpc) is 2.77. The molecule has 5 heteroatoms. The molecule has 0 aromatic heterocycles. The summed E-state index contributed by atoms with van der Waals surface area (Å²) in [5.41, 5.74) is 3.47. The van der Waals surface area contributed by atoms with Crippen LogP contribution in [-0.4, -0.2) is 30.5 Å². The van der Waals surface area contributed by atoms with Gasteiger partial charge in [-0.3, -0.25) is 0 Å². The zero-order chi connectivity index (χ0) is 20.5. The molecule has 1 N–H and O–H groups in total. The normalized spacial score (nSPS) is 11.1. The van der Waals surface area contributed by atoms with Crippen LogP contribution in [0, 0.1) is 0 Å². The minimum atomic E-state index is -0.986. The predicted molar refractivity (Wildman–Crippen MR) is 117 cm³/mol. The van der Waals surface area contributed by atoms with Crippen LogP contribution < -0.4 is 9.47 Å². The molecule has 0 amide bonds. The monoisotopic (exact) mass is 406 g/mol. The molecule has 4 nitrogen and oxygen atoms in total. The zero-order valence-electron chi connectivity index (χ0n) is 16.1. The third-order valence-electron chi connectivity index (χ3n) is 4.21. The van der Waals surface area contributed by atoms with E-state index in [0.717, 1.165) is 27.5 Å². The fourth-order valence-electron chi connectivity index (χ4n) is 2.79. The van der Waals surface area contributed by atoms with Crippen LogP contribution in [0.4, 0.5) is 0 Å². The molecule has 0 radical (unpaired) electrons. The predicted octanol–water partition coefficient (Wildman–Crippen LogP) is 5.38. The summed E-state index contributed by atoms with van der Waals surface area (Å²) in [6.07, 6.45) is 2.22. The number of ether oxygens (including phenoxy) is 2. The molecule has 29 heavy (non-hydrogen) atoms. The number of thioether (sulfide) groups is 1. The van der Waals surface area contributed by atoms with Crippen LogP contribution in [0.15, 0.2) is 89.8 Å². The number of carboxylic acid groups (broad SMARTS) is 1. The second-order valence-electron chi connectivity index (χ2n) is 6.18. The fraction of sp³-hybridized carbons (Fsp3) is 0.125. The lowest BCUT2D eigenvalue weighted by Gasteiger charge is -2.10. The Morgan fingerprint density at radius 2 is 1.52 bits per heavy atom. The van der Waals surface area contributed by atoms with Crippen molar-refractivity contribution in [3.63, 3.8) is 0 Å². The van der Waals surface area contributed by atoms with Crippen molar-refractivity contribution in [2.45, 2.75) is 4.90 Å². The van der Waals surface area contributed by atoms with Gasteiger partial charge in [0.15, 0.2) is 6.61 Å². The first-order valence-corrected chi connectivity index (χ1v) is 10.1. The van der Waals surface area contributed by atoms with Crippen molar-refractivity contribution in [1.82, 2.24) is 0 Å². The van der Waals surface area contributed by atoms with Gasteiger partial charge in [0.25, 0.3) is 0 Å². The smallest absolute Gasteiger partial charge is 0.341 e. The Labute approximate surface area is 174 Å². The fourth-order valence-corrected chi connectivity index (χ4v) is 3.56. The molecule has 0 aliphatic heterocycles. The number of hydrogen-bond donors (Lipinski definition) is 1. The number of benzene rings is 3. The van der Waals surface area contributed by atoms with Crippen molar-refractivity contribution >= 4 is 23.3 Å². The average molecular weight is 407 g/mol. The maximum Gasteiger partial charge on any atom is 0.341 e. The number of carbonyl (C=O) groups is 1. The summed E-state index contributed by atoms with van der Waals surface area (Å²) in [5.74, 6) is 1.20. The molecule has 0 saturated heterocycles. The van der Waals surface area contributed by atoms with E-state index in [-0.39, 0.29) is 6.61 Å². The second-order valence-corrected chi connectivity index (χ2v) is 7.27. The highest BCUT2D eigenvalue weighted by molar-refractivity contribution is 7.99. The van der Waals surface area contributed by atoms with E-state index in [1.54, 1.807) is 31.0 Å². The van der Waals surface area contributed by atoms with Gasteiger partial charge in [-0.05, 0) is 53.1 Å². The van der Waals surface area contributed by atoms with Gasteiger partial charge in [-0.25, -0.2) is 4.79 Å². The molecule has 148 valence electrons. The minimum Gasteiger partial charge on any atom is -0.497 e. The molecule has 0 heterocycles. The Bertz CT molecular complexity index is 948. The first-order valence-electron chi connectivity index (χ1n) is 9.13. The van der Waals surface area contributed by atoms with Gasteiger partial charge in [0, 0.05) is 10.6 Å². The van der Waals surface area contributed by atoms with Crippen molar-refractivity contribution in [1.29, 1.82) is 0 Å². The molecule has 0 unspecified atom stereocenters. The van der Waals surface area contributed by atoms with Crippen molar-refractivity contribution in [2.24, 2.45) is 0 Å². The Kier molecular flexibility index (Phi) is 7.36. The van der Waals surface area contributed by atoms with Gasteiger partial charge >= 0.3 is 5.97 Å². The second kappa shape index (κ2) is 10.4. The first-order chi connectivity index (χ1) is 14.2. The molecule has 0 aliphatic rings. The quantitative estimate of drug-likeness (QED) is 0.483. The van der Waals surface area contributed by atoms with E-state index in [1.165, 1.54) is 5.57 Å². The Hall–Kier alpha value is -3.18. The van der Waals surface area contributed by atoms with E-state index < -0.39 is 5.97 Å². The Balaban J connectivity index is 1.72. The van der Waals surface area contributed by atoms with Crippen molar-refractivity contribution in [3.05, 3.63) is 96.1 Å². The Morgan fingerprint density at radius 3 is 2.14 bits per heavy atom. The summed E-state index contributed by atoms with van der Waals surface area (Å²) < 4.78 is 10.4. The lowest BCUT2D eigenvalue weighted by molar-refractivity contribution is -0.139. The Morgan fingerprint density at radius 1 is 0.897 bits per heavy atom. The van der Waals surface area contributed by atoms with E-state index in [2.05, 4.69) is 30.3 Å². The molecule has 3 rings (SSSR count). The van der Waals surface area contributed by atoms with Gasteiger partial charge in [-0.1, -0.05) is 48.5 Å². The summed E-state index contributed by atoms with van der Waals surface area (Å²) >= 11 is 1.71. The van der Waals surface area contributed by atoms with Gasteiger partial charge in [0.1, 0.15) is 11.5 Å². The van der Waals surface area contributed by atoms with Gasteiger partial charge in [0.2, 0.25) is 0 Å². The number of aliphatic carboxylic acids is 1. The molecule has 0 bridgehead atoms. The van der Waals surface area contributed by atoms with Crippen LogP contribution >= 0.6 is 11.8 Å². The summed E-state index contributed by atoms with van der Waals surface area (Å²) in [5, 5.41) is 8.67. The summed E-state index contributed by atoms with van der Waals surface area (Å²) in [4.78, 5) is 11.7. The largest absolute Gasteiger partial charge is 0.497 e. The maximum atomic E-state index is 10.6. The lowest BCUT2D eigenvalue weighted by atomic mass is 9.98. The molecule has 0 aliphatic carbocycles. The van der Waals surface area contributed by atoms with Gasteiger partial charge in [-0.15, -0.1) is 11.8 Å². The minimum absolute atomic E-state index is 0.336. The topological polar surface area (TPSA) is 55.8 Å². The third-order valence-corrected chi connectivity index (χ3v) is 5.15. The number of rotatable bonds is 9. The highest BCUT2D eigenvalue weighted by Crippen LogP contribution is 2.28. The third kappa shape index (κ3) is 6.16. The molecular weight excluding hydrogens is 384 g/mol. The molecule has 0 fully saturated rings. The first kappa shape index (κ1) is 20.6. The van der Waals surface area contributed by atoms with Gasteiger partial charge in [0.05, 0.1) is 7.11 Å². The SMILES string of the molecule is COc1ccc(/C(=C\CSc2ccc(OCC(=O)O)cc2)c2ccccc2)cc1. The van der Waals surface area contributed by atoms with Gasteiger partial charge < -0.3 is 14.6 Å². The van der Waals surface area contributed by atoms with Crippen LogP contribution in [0.5, 0.6) is 11.5 Å². The number of carboxylic acids is 1. The van der Waals surface area contributed by atoms with Crippen LogP contribution in [0.3, 0.4) is 0 Å². The number of hydrogen-bond acceptors (Lipinski definition) is 4. The lowest BCUT2D eigenvalue weighted by Crippen LogP contribution is -2.09. The standard InChI is InChI=1S/C24H22O4S/c1-27-20-9-7-19(8-10-20)23(18-5-3-2-4-6-18)15-16-29-22-13-11-21(12-14-22)28-17-24(25)26/h2-15H,16-17H2,1H3,(H,25,26)/b23-15-. The van der Waals surface area contributed by atoms with Crippen molar-refractivity contribution in [2.75, 3.05) is 19.5 Å². The maximum absolute atomic E-state index is 10.6. The molecule has 0 spiro atoms. The van der Waals surface area contributed by atoms with Crippen LogP contribution in [-0.2, 0) is 4.79 Å². The van der Waals surface area contributed by atoms with Crippen LogP contribution in [0.2, 0.25) is 0 Å². The molecule has 3 aromatic carbocycles. The van der Waals surface area contributed by atoms with Gasteiger partial charge in [-0.2, -0.15) is 0 Å². The summed E-state index contributed by atoms with van der Waals surface area (Å²) in [6, 6.07) is 25.8. The highest BCUT2D eigenvalue weighted by Gasteiger charge is 2.06. The molecular formula is C24H22O4S. The van der Waals surface area contributed by atoms with Crippen LogP contribution in [0.1, 0.15) is 11.1 Å². The van der Waals surface area contributed by atoms with E-state index in [9.17, 15) is 4.79 Å². The summed E-state index contributed by atoms with van der Waals surface area (Å²) in [7, 11) is 1.66. The summed E-state index contributed by atoms with van der Waals surface area (Å²) in [6.45, 7) is -0.336. The van der Waals surface area contributed by atoms with E-state index in [0.29, 0.717) is 5.75 Å². The van der Waals surface area contributed by atoms with Crippen molar-refractivity contribution in [3.8, 4) is 11.5 Å². The van der Waals surface area contributed by atoms with E-state index >= 15 is 0 Å². The van der Waals surface area contributed by atoms with Crippen LogP contribution in [0.25, 0.3) is 5.57 Å². The number of methoxy groups -OCH3 is 1. The van der Waals surface area contributed by atoms with E-state index in [4.69, 9.17) is 14.6 Å². The highest BCUT2D eigenvalue weighted by atomic mass is 32.2. The molecule has 0 saturated carbocycles. The molecule has 0 atom stereocenters.